The first kappa shape index (κ1) is 10.3. The molecule has 4 heteroatoms. The maximum Gasteiger partial charge on any atom is 0.217 e. The zero-order valence-electron chi connectivity index (χ0n) is 5.96. The van der Waals surface area contributed by atoms with Gasteiger partial charge in [0.1, 0.15) is 0 Å². The quantitative estimate of drug-likeness (QED) is 0.454. The van der Waals surface area contributed by atoms with E-state index >= 15 is 0 Å². The van der Waals surface area contributed by atoms with Crippen molar-refractivity contribution in [2.45, 2.75) is 6.04 Å². The van der Waals surface area contributed by atoms with Crippen molar-refractivity contribution in [1.82, 2.24) is 5.32 Å². The third-order valence-corrected chi connectivity index (χ3v) is 2.60. The molecule has 0 saturated carbocycles. The number of likely N-dealkylation sites (N-methyl/N-ethyl adjacent to an activating group) is 1. The van der Waals surface area contributed by atoms with E-state index in [-0.39, 0.29) is 6.04 Å². The van der Waals surface area contributed by atoms with Crippen molar-refractivity contribution < 1.29 is 4.79 Å². The zero-order valence-corrected chi connectivity index (χ0v) is 7.67. The van der Waals surface area contributed by atoms with Crippen LogP contribution in [-0.4, -0.2) is 36.6 Å². The van der Waals surface area contributed by atoms with Crippen LogP contribution in [0.1, 0.15) is 0 Å². The summed E-state index contributed by atoms with van der Waals surface area (Å²) in [5.41, 5.74) is 0. The third-order valence-electron chi connectivity index (χ3n) is 1.01. The molecule has 0 aromatic rings. The van der Waals surface area contributed by atoms with E-state index in [1.807, 2.05) is 6.29 Å². The van der Waals surface area contributed by atoms with E-state index in [4.69, 9.17) is 0 Å². The molecule has 10 heavy (non-hydrogen) atoms. The van der Waals surface area contributed by atoms with E-state index in [0.29, 0.717) is 0 Å². The van der Waals surface area contributed by atoms with E-state index in [0.717, 1.165) is 17.3 Å². The highest BCUT2D eigenvalue weighted by atomic mass is 32.2. The molecule has 1 radical (unpaired) electrons. The molecule has 1 N–H and O–H groups in total. The van der Waals surface area contributed by atoms with Gasteiger partial charge in [-0.2, -0.15) is 24.4 Å². The second-order valence-corrected chi connectivity index (χ2v) is 3.35. The highest BCUT2D eigenvalue weighted by Crippen LogP contribution is 2.01. The SMILES string of the molecule is CNC([C]=O)CSCCS. The lowest BCUT2D eigenvalue weighted by molar-refractivity contribution is 0.536. The van der Waals surface area contributed by atoms with Gasteiger partial charge in [-0.1, -0.05) is 0 Å². The van der Waals surface area contributed by atoms with Crippen molar-refractivity contribution in [3.05, 3.63) is 0 Å². The molecular formula is C6H12NOS2. The summed E-state index contributed by atoms with van der Waals surface area (Å²) in [6.07, 6.45) is 1.90. The molecule has 0 heterocycles. The normalized spacial score (nSPS) is 13.0. The van der Waals surface area contributed by atoms with Crippen molar-refractivity contribution in [1.29, 1.82) is 0 Å². The lowest BCUT2D eigenvalue weighted by Crippen LogP contribution is -2.29. The van der Waals surface area contributed by atoms with Gasteiger partial charge in [0.25, 0.3) is 0 Å². The third kappa shape index (κ3) is 5.14. The number of carbonyl (C=O) groups excluding carboxylic acids is 1. The van der Waals surface area contributed by atoms with Crippen molar-refractivity contribution in [2.75, 3.05) is 24.3 Å². The number of nitrogens with one attached hydrogen (secondary N) is 1. The molecule has 1 atom stereocenters. The van der Waals surface area contributed by atoms with Crippen LogP contribution in [0.5, 0.6) is 0 Å². The Morgan fingerprint density at radius 2 is 2.50 bits per heavy atom. The van der Waals surface area contributed by atoms with Gasteiger partial charge in [0.2, 0.25) is 6.29 Å². The number of hydrogen-bond donors (Lipinski definition) is 2. The fourth-order valence-electron chi connectivity index (χ4n) is 0.442. The lowest BCUT2D eigenvalue weighted by atomic mass is 10.4. The minimum atomic E-state index is -0.120. The molecule has 0 spiro atoms. The molecule has 0 aliphatic rings. The molecule has 0 aromatic heterocycles. The lowest BCUT2D eigenvalue weighted by Gasteiger charge is -2.05. The minimum Gasteiger partial charge on any atom is -0.309 e. The molecular weight excluding hydrogens is 166 g/mol. The highest BCUT2D eigenvalue weighted by Gasteiger charge is 2.02. The highest BCUT2D eigenvalue weighted by molar-refractivity contribution is 8.00. The predicted molar refractivity (Wildman–Crippen MR) is 49.7 cm³/mol. The summed E-state index contributed by atoms with van der Waals surface area (Å²) in [5.74, 6) is 2.64. The van der Waals surface area contributed by atoms with E-state index < -0.39 is 0 Å². The maximum absolute atomic E-state index is 10.1. The van der Waals surface area contributed by atoms with Gasteiger partial charge < -0.3 is 5.32 Å². The van der Waals surface area contributed by atoms with Crippen molar-refractivity contribution in [2.24, 2.45) is 0 Å². The first-order valence-electron chi connectivity index (χ1n) is 3.08. The van der Waals surface area contributed by atoms with Crippen molar-refractivity contribution in [3.63, 3.8) is 0 Å². The topological polar surface area (TPSA) is 29.1 Å². The van der Waals surface area contributed by atoms with Crippen LogP contribution < -0.4 is 5.32 Å². The summed E-state index contributed by atoms with van der Waals surface area (Å²) in [4.78, 5) is 10.1. The van der Waals surface area contributed by atoms with E-state index in [1.54, 1.807) is 18.8 Å². The Kier molecular flexibility index (Phi) is 7.68. The average molecular weight is 178 g/mol. The Bertz CT molecular complexity index is 89.8. The van der Waals surface area contributed by atoms with Crippen LogP contribution in [0, 0.1) is 0 Å². The Balaban J connectivity index is 3.17. The largest absolute Gasteiger partial charge is 0.309 e. The Labute approximate surface area is 71.6 Å². The molecule has 1 unspecified atom stereocenters. The molecule has 2 nitrogen and oxygen atoms in total. The summed E-state index contributed by atoms with van der Waals surface area (Å²) in [5, 5.41) is 2.84. The molecule has 0 bridgehead atoms. The van der Waals surface area contributed by atoms with Gasteiger partial charge in [0.15, 0.2) is 0 Å². The molecule has 0 amide bonds. The Hall–Kier alpha value is 0.330. The summed E-state index contributed by atoms with van der Waals surface area (Å²) in [6.45, 7) is 0. The van der Waals surface area contributed by atoms with Gasteiger partial charge in [0, 0.05) is 11.5 Å². The molecule has 0 aliphatic heterocycles. The van der Waals surface area contributed by atoms with Crippen LogP contribution in [0.15, 0.2) is 0 Å². The second-order valence-electron chi connectivity index (χ2n) is 1.76. The Morgan fingerprint density at radius 1 is 1.80 bits per heavy atom. The van der Waals surface area contributed by atoms with Crippen LogP contribution in [0.3, 0.4) is 0 Å². The van der Waals surface area contributed by atoms with Gasteiger partial charge in [-0.25, -0.2) is 0 Å². The first-order valence-corrected chi connectivity index (χ1v) is 4.87. The van der Waals surface area contributed by atoms with E-state index in [1.165, 1.54) is 0 Å². The Morgan fingerprint density at radius 3 is 2.90 bits per heavy atom. The number of hydrogen-bond acceptors (Lipinski definition) is 4. The summed E-state index contributed by atoms with van der Waals surface area (Å²) >= 11 is 5.75. The van der Waals surface area contributed by atoms with Gasteiger partial charge in [-0.3, -0.25) is 4.79 Å². The number of thiol groups is 1. The van der Waals surface area contributed by atoms with Crippen LogP contribution in [0.4, 0.5) is 0 Å². The van der Waals surface area contributed by atoms with Gasteiger partial charge in [-0.05, 0) is 12.8 Å². The van der Waals surface area contributed by atoms with Crippen LogP contribution in [0.2, 0.25) is 0 Å². The molecule has 0 saturated heterocycles. The van der Waals surface area contributed by atoms with Crippen LogP contribution >= 0.6 is 24.4 Å². The summed E-state index contributed by atoms with van der Waals surface area (Å²) in [7, 11) is 1.76. The fraction of sp³-hybridized carbons (Fsp3) is 0.833. The maximum atomic E-state index is 10.1. The minimum absolute atomic E-state index is 0.120. The summed E-state index contributed by atoms with van der Waals surface area (Å²) < 4.78 is 0. The molecule has 0 rings (SSSR count). The van der Waals surface area contributed by atoms with E-state index in [9.17, 15) is 4.79 Å². The number of rotatable bonds is 6. The van der Waals surface area contributed by atoms with Gasteiger partial charge in [-0.15, -0.1) is 0 Å². The molecule has 59 valence electrons. The summed E-state index contributed by atoms with van der Waals surface area (Å²) in [6, 6.07) is -0.120. The van der Waals surface area contributed by atoms with Crippen LogP contribution in [0.25, 0.3) is 0 Å². The van der Waals surface area contributed by atoms with Gasteiger partial charge >= 0.3 is 0 Å². The standard InChI is InChI=1S/C6H12NOS2/c1-7-6(4-8)5-10-3-2-9/h6-7,9H,2-3,5H2,1H3. The van der Waals surface area contributed by atoms with Gasteiger partial charge in [0.05, 0.1) is 6.04 Å². The first-order chi connectivity index (χ1) is 4.85. The molecule has 0 aliphatic carbocycles. The van der Waals surface area contributed by atoms with Crippen molar-refractivity contribution in [3.8, 4) is 0 Å². The second kappa shape index (κ2) is 7.44. The van der Waals surface area contributed by atoms with Crippen molar-refractivity contribution >= 4 is 30.7 Å². The van der Waals surface area contributed by atoms with E-state index in [2.05, 4.69) is 17.9 Å². The molecule has 0 fully saturated rings. The smallest absolute Gasteiger partial charge is 0.217 e. The fourth-order valence-corrected chi connectivity index (χ4v) is 1.60. The monoisotopic (exact) mass is 178 g/mol. The zero-order chi connectivity index (χ0) is 7.82. The average Bonchev–Trinajstić information content (AvgIpc) is 1.99. The number of thioether (sulfide) groups is 1. The van der Waals surface area contributed by atoms with Crippen LogP contribution in [-0.2, 0) is 4.79 Å². The molecule has 0 aromatic carbocycles. The predicted octanol–water partition coefficient (Wildman–Crippen LogP) is 0.347.